The summed E-state index contributed by atoms with van der Waals surface area (Å²) in [6.07, 6.45) is 4.27. The fourth-order valence-electron chi connectivity index (χ4n) is 2.89. The zero-order valence-electron chi connectivity index (χ0n) is 11.6. The summed E-state index contributed by atoms with van der Waals surface area (Å²) in [5.74, 6) is 0. The number of fused-ring (bicyclic) bond motifs is 1. The lowest BCUT2D eigenvalue weighted by Crippen LogP contribution is -2.37. The van der Waals surface area contributed by atoms with Gasteiger partial charge in [-0.05, 0) is 33.6 Å². The van der Waals surface area contributed by atoms with Gasteiger partial charge in [0.1, 0.15) is 0 Å². The summed E-state index contributed by atoms with van der Waals surface area (Å²) in [6.45, 7) is 10.7. The van der Waals surface area contributed by atoms with Crippen molar-refractivity contribution in [3.63, 3.8) is 0 Å². The molecule has 0 amide bonds. The van der Waals surface area contributed by atoms with Crippen LogP contribution in [0.1, 0.15) is 50.9 Å². The standard InChI is InChI=1S/C14H23N3O/c1-14(2,3)16-9-11-8-15-17(13(11)10-16)12-4-6-18-7-5-12/h8,12H,4-7,9-10H2,1-3H3. The Kier molecular flexibility index (Phi) is 2.94. The van der Waals surface area contributed by atoms with Gasteiger partial charge in [0.25, 0.3) is 0 Å². The summed E-state index contributed by atoms with van der Waals surface area (Å²) in [6, 6.07) is 0.544. The van der Waals surface area contributed by atoms with E-state index in [4.69, 9.17) is 4.74 Å². The Hall–Kier alpha value is -0.870. The van der Waals surface area contributed by atoms with Gasteiger partial charge in [-0.3, -0.25) is 9.58 Å². The predicted molar refractivity (Wildman–Crippen MR) is 70.3 cm³/mol. The Morgan fingerprint density at radius 3 is 2.61 bits per heavy atom. The van der Waals surface area contributed by atoms with E-state index < -0.39 is 0 Å². The van der Waals surface area contributed by atoms with Crippen molar-refractivity contribution in [2.75, 3.05) is 13.2 Å². The summed E-state index contributed by atoms with van der Waals surface area (Å²) in [5.41, 5.74) is 3.08. The second-order valence-corrected chi connectivity index (χ2v) is 6.43. The Morgan fingerprint density at radius 2 is 1.94 bits per heavy atom. The van der Waals surface area contributed by atoms with E-state index in [0.717, 1.165) is 39.1 Å². The van der Waals surface area contributed by atoms with Crippen molar-refractivity contribution in [1.29, 1.82) is 0 Å². The van der Waals surface area contributed by atoms with Gasteiger partial charge in [-0.2, -0.15) is 5.10 Å². The Morgan fingerprint density at radius 1 is 1.22 bits per heavy atom. The minimum atomic E-state index is 0.236. The van der Waals surface area contributed by atoms with Gasteiger partial charge >= 0.3 is 0 Å². The van der Waals surface area contributed by atoms with Crippen LogP contribution in [-0.4, -0.2) is 33.4 Å². The second-order valence-electron chi connectivity index (χ2n) is 6.43. The first-order valence-corrected chi connectivity index (χ1v) is 6.94. The van der Waals surface area contributed by atoms with Gasteiger partial charge in [0.15, 0.2) is 0 Å². The molecular formula is C14H23N3O. The zero-order chi connectivity index (χ0) is 12.8. The van der Waals surface area contributed by atoms with Crippen LogP contribution in [-0.2, 0) is 17.8 Å². The molecule has 0 aliphatic carbocycles. The molecule has 3 heterocycles. The monoisotopic (exact) mass is 249 g/mol. The smallest absolute Gasteiger partial charge is 0.0573 e. The largest absolute Gasteiger partial charge is 0.381 e. The van der Waals surface area contributed by atoms with E-state index in [1.807, 2.05) is 0 Å². The van der Waals surface area contributed by atoms with Crippen LogP contribution in [0.5, 0.6) is 0 Å². The maximum absolute atomic E-state index is 5.44. The predicted octanol–water partition coefficient (Wildman–Crippen LogP) is 2.35. The van der Waals surface area contributed by atoms with E-state index in [0.29, 0.717) is 6.04 Å². The molecule has 18 heavy (non-hydrogen) atoms. The number of ether oxygens (including phenoxy) is 1. The molecule has 2 aliphatic rings. The van der Waals surface area contributed by atoms with Crippen molar-refractivity contribution in [3.8, 4) is 0 Å². The highest BCUT2D eigenvalue weighted by molar-refractivity contribution is 5.23. The summed E-state index contributed by atoms with van der Waals surface area (Å²) >= 11 is 0. The van der Waals surface area contributed by atoms with Gasteiger partial charge < -0.3 is 4.74 Å². The van der Waals surface area contributed by atoms with Crippen LogP contribution in [0.25, 0.3) is 0 Å². The highest BCUT2D eigenvalue weighted by atomic mass is 16.5. The van der Waals surface area contributed by atoms with Gasteiger partial charge in [0.05, 0.1) is 17.9 Å². The zero-order valence-corrected chi connectivity index (χ0v) is 11.6. The van der Waals surface area contributed by atoms with E-state index in [-0.39, 0.29) is 5.54 Å². The Labute approximate surface area is 109 Å². The van der Waals surface area contributed by atoms with Gasteiger partial charge in [0, 0.05) is 37.4 Å². The topological polar surface area (TPSA) is 30.3 Å². The van der Waals surface area contributed by atoms with Crippen LogP contribution >= 0.6 is 0 Å². The molecule has 4 nitrogen and oxygen atoms in total. The van der Waals surface area contributed by atoms with Crippen molar-refractivity contribution >= 4 is 0 Å². The summed E-state index contributed by atoms with van der Waals surface area (Å²) in [5, 5.41) is 4.61. The van der Waals surface area contributed by atoms with Gasteiger partial charge in [-0.1, -0.05) is 0 Å². The molecule has 2 aliphatic heterocycles. The molecule has 0 saturated carbocycles. The third-order valence-corrected chi connectivity index (χ3v) is 4.17. The molecule has 0 aromatic carbocycles. The van der Waals surface area contributed by atoms with Gasteiger partial charge in [-0.25, -0.2) is 0 Å². The maximum atomic E-state index is 5.44. The average molecular weight is 249 g/mol. The van der Waals surface area contributed by atoms with Gasteiger partial charge in [-0.15, -0.1) is 0 Å². The highest BCUT2D eigenvalue weighted by Gasteiger charge is 2.32. The summed E-state index contributed by atoms with van der Waals surface area (Å²) in [7, 11) is 0. The Balaban J connectivity index is 1.81. The molecule has 4 heteroatoms. The quantitative estimate of drug-likeness (QED) is 0.765. The highest BCUT2D eigenvalue weighted by Crippen LogP contribution is 2.32. The van der Waals surface area contributed by atoms with Crippen molar-refractivity contribution in [1.82, 2.24) is 14.7 Å². The van der Waals surface area contributed by atoms with Crippen molar-refractivity contribution in [2.45, 2.75) is 58.3 Å². The second kappa shape index (κ2) is 4.35. The molecule has 0 spiro atoms. The third kappa shape index (κ3) is 2.08. The molecule has 1 fully saturated rings. The molecule has 1 saturated heterocycles. The first kappa shape index (κ1) is 12.2. The molecule has 1 aromatic heterocycles. The van der Waals surface area contributed by atoms with E-state index in [1.165, 1.54) is 11.3 Å². The minimum Gasteiger partial charge on any atom is -0.381 e. The molecular weight excluding hydrogens is 226 g/mol. The molecule has 0 bridgehead atoms. The minimum absolute atomic E-state index is 0.236. The fraction of sp³-hybridized carbons (Fsp3) is 0.786. The number of hydrogen-bond acceptors (Lipinski definition) is 3. The molecule has 0 unspecified atom stereocenters. The van der Waals surface area contributed by atoms with E-state index in [2.05, 4.69) is 41.6 Å². The fourth-order valence-corrected chi connectivity index (χ4v) is 2.89. The lowest BCUT2D eigenvalue weighted by molar-refractivity contribution is 0.0638. The molecule has 3 rings (SSSR count). The van der Waals surface area contributed by atoms with E-state index in [9.17, 15) is 0 Å². The molecule has 1 aromatic rings. The Bertz CT molecular complexity index is 427. The lowest BCUT2D eigenvalue weighted by Gasteiger charge is -2.32. The molecule has 0 radical (unpaired) electrons. The number of rotatable bonds is 1. The van der Waals surface area contributed by atoms with E-state index >= 15 is 0 Å². The first-order chi connectivity index (χ1) is 8.55. The van der Waals surface area contributed by atoms with Crippen LogP contribution in [0.3, 0.4) is 0 Å². The van der Waals surface area contributed by atoms with Crippen LogP contribution in [0.15, 0.2) is 6.20 Å². The first-order valence-electron chi connectivity index (χ1n) is 6.94. The average Bonchev–Trinajstić information content (AvgIpc) is 2.88. The third-order valence-electron chi connectivity index (χ3n) is 4.17. The molecule has 0 N–H and O–H groups in total. The summed E-state index contributed by atoms with van der Waals surface area (Å²) in [4.78, 5) is 2.52. The SMILES string of the molecule is CC(C)(C)N1Cc2cnn(C3CCOCC3)c2C1. The molecule has 100 valence electrons. The van der Waals surface area contributed by atoms with Gasteiger partial charge in [0.2, 0.25) is 0 Å². The van der Waals surface area contributed by atoms with E-state index in [1.54, 1.807) is 0 Å². The van der Waals surface area contributed by atoms with Crippen molar-refractivity contribution < 1.29 is 4.74 Å². The van der Waals surface area contributed by atoms with Crippen LogP contribution < -0.4 is 0 Å². The number of hydrogen-bond donors (Lipinski definition) is 0. The lowest BCUT2D eigenvalue weighted by atomic mass is 10.1. The maximum Gasteiger partial charge on any atom is 0.0573 e. The number of aromatic nitrogens is 2. The van der Waals surface area contributed by atoms with Crippen molar-refractivity contribution in [3.05, 3.63) is 17.5 Å². The number of nitrogens with zero attached hydrogens (tertiary/aromatic N) is 3. The summed E-state index contributed by atoms with van der Waals surface area (Å²) < 4.78 is 7.71. The van der Waals surface area contributed by atoms with Crippen LogP contribution in [0.2, 0.25) is 0 Å². The van der Waals surface area contributed by atoms with Crippen molar-refractivity contribution in [2.24, 2.45) is 0 Å². The normalized spacial score (nSPS) is 22.4. The van der Waals surface area contributed by atoms with Crippen LogP contribution in [0.4, 0.5) is 0 Å². The van der Waals surface area contributed by atoms with Crippen LogP contribution in [0, 0.1) is 0 Å². The molecule has 0 atom stereocenters.